The van der Waals surface area contributed by atoms with Gasteiger partial charge in [-0.25, -0.2) is 0 Å². The number of aliphatic hydroxyl groups excluding tert-OH is 1. The summed E-state index contributed by atoms with van der Waals surface area (Å²) in [5, 5.41) is 9.00. The van der Waals surface area contributed by atoms with E-state index in [2.05, 4.69) is 0 Å². The lowest BCUT2D eigenvalue weighted by atomic mass is 10.2. The predicted molar refractivity (Wildman–Crippen MR) is 80.9 cm³/mol. The summed E-state index contributed by atoms with van der Waals surface area (Å²) in [7, 11) is 0. The third-order valence-electron chi connectivity index (χ3n) is 3.58. The van der Waals surface area contributed by atoms with E-state index in [9.17, 15) is 0 Å². The highest BCUT2D eigenvalue weighted by Crippen LogP contribution is 2.17. The number of hydrogen-bond donors (Lipinski definition) is 1. The van der Waals surface area contributed by atoms with Gasteiger partial charge in [0.05, 0.1) is 19.3 Å². The monoisotopic (exact) mass is 294 g/mol. The van der Waals surface area contributed by atoms with E-state index in [-0.39, 0.29) is 19.0 Å². The lowest BCUT2D eigenvalue weighted by Gasteiger charge is -2.27. The Bertz CT molecular complexity index is 362. The van der Waals surface area contributed by atoms with Gasteiger partial charge in [0.25, 0.3) is 0 Å². The molecule has 2 atom stereocenters. The molecule has 4 heteroatoms. The summed E-state index contributed by atoms with van der Waals surface area (Å²) >= 11 is 0. The van der Waals surface area contributed by atoms with Crippen molar-refractivity contribution in [2.75, 3.05) is 19.8 Å². The van der Waals surface area contributed by atoms with Gasteiger partial charge in [0.2, 0.25) is 0 Å². The quantitative estimate of drug-likeness (QED) is 0.761. The zero-order valence-corrected chi connectivity index (χ0v) is 12.6. The SMILES string of the molecule is OCCC[C@@H](COCc1ccccc1)OC1CCCCO1. The first-order valence-corrected chi connectivity index (χ1v) is 7.88. The fourth-order valence-corrected chi connectivity index (χ4v) is 2.43. The van der Waals surface area contributed by atoms with Crippen LogP contribution in [0, 0.1) is 0 Å². The van der Waals surface area contributed by atoms with Crippen molar-refractivity contribution in [3.63, 3.8) is 0 Å². The minimum absolute atomic E-state index is 0.0102. The van der Waals surface area contributed by atoms with Gasteiger partial charge in [0, 0.05) is 13.2 Å². The van der Waals surface area contributed by atoms with Gasteiger partial charge in [-0.15, -0.1) is 0 Å². The van der Waals surface area contributed by atoms with E-state index >= 15 is 0 Å². The Morgan fingerprint density at radius 1 is 1.24 bits per heavy atom. The normalized spacial score (nSPS) is 20.3. The van der Waals surface area contributed by atoms with Gasteiger partial charge in [-0.2, -0.15) is 0 Å². The molecule has 1 aliphatic rings. The lowest BCUT2D eigenvalue weighted by molar-refractivity contribution is -0.200. The maximum Gasteiger partial charge on any atom is 0.158 e. The molecular weight excluding hydrogens is 268 g/mol. The van der Waals surface area contributed by atoms with Crippen LogP contribution in [0.25, 0.3) is 0 Å². The van der Waals surface area contributed by atoms with Gasteiger partial charge in [-0.05, 0) is 37.7 Å². The largest absolute Gasteiger partial charge is 0.396 e. The number of aliphatic hydroxyl groups is 1. The summed E-state index contributed by atoms with van der Waals surface area (Å²) in [4.78, 5) is 0. The second kappa shape index (κ2) is 9.90. The third kappa shape index (κ3) is 6.57. The minimum atomic E-state index is -0.109. The molecule has 0 spiro atoms. The Balaban J connectivity index is 1.72. The molecule has 0 aromatic heterocycles. The van der Waals surface area contributed by atoms with Crippen LogP contribution >= 0.6 is 0 Å². The third-order valence-corrected chi connectivity index (χ3v) is 3.58. The number of benzene rings is 1. The molecule has 0 amide bonds. The highest BCUT2D eigenvalue weighted by Gasteiger charge is 2.19. The van der Waals surface area contributed by atoms with Crippen molar-refractivity contribution >= 4 is 0 Å². The lowest BCUT2D eigenvalue weighted by Crippen LogP contribution is -2.30. The molecule has 0 aliphatic carbocycles. The van der Waals surface area contributed by atoms with Crippen LogP contribution in [-0.4, -0.2) is 37.3 Å². The Morgan fingerprint density at radius 2 is 2.10 bits per heavy atom. The summed E-state index contributed by atoms with van der Waals surface area (Å²) in [5.74, 6) is 0. The molecule has 1 heterocycles. The zero-order chi connectivity index (χ0) is 14.8. The molecule has 0 radical (unpaired) electrons. The molecule has 1 fully saturated rings. The molecule has 1 aromatic rings. The minimum Gasteiger partial charge on any atom is -0.396 e. The maximum atomic E-state index is 9.00. The highest BCUT2D eigenvalue weighted by atomic mass is 16.7. The number of hydrogen-bond acceptors (Lipinski definition) is 4. The van der Waals surface area contributed by atoms with Crippen molar-refractivity contribution in [3.05, 3.63) is 35.9 Å². The van der Waals surface area contributed by atoms with Gasteiger partial charge in [-0.3, -0.25) is 0 Å². The van der Waals surface area contributed by atoms with Crippen LogP contribution in [0.4, 0.5) is 0 Å². The van der Waals surface area contributed by atoms with Crippen LogP contribution in [0.15, 0.2) is 30.3 Å². The Labute approximate surface area is 127 Å². The fraction of sp³-hybridized carbons (Fsp3) is 0.647. The first kappa shape index (κ1) is 16.4. The standard InChI is InChI=1S/C17H26O4/c18-11-6-9-16(21-17-10-4-5-12-20-17)14-19-13-15-7-2-1-3-8-15/h1-3,7-8,16-18H,4-6,9-14H2/t16-,17?/m0/s1. The molecule has 1 aliphatic heterocycles. The molecule has 1 aromatic carbocycles. The van der Waals surface area contributed by atoms with Crippen LogP contribution < -0.4 is 0 Å². The van der Waals surface area contributed by atoms with Gasteiger partial charge < -0.3 is 19.3 Å². The zero-order valence-electron chi connectivity index (χ0n) is 12.6. The van der Waals surface area contributed by atoms with E-state index in [1.807, 2.05) is 30.3 Å². The van der Waals surface area contributed by atoms with Crippen LogP contribution in [0.5, 0.6) is 0 Å². The van der Waals surface area contributed by atoms with Crippen LogP contribution in [0.3, 0.4) is 0 Å². The molecule has 2 rings (SSSR count). The van der Waals surface area contributed by atoms with Crippen molar-refractivity contribution in [3.8, 4) is 0 Å². The molecule has 1 N–H and O–H groups in total. The summed E-state index contributed by atoms with van der Waals surface area (Å²) in [6.45, 7) is 2.09. The van der Waals surface area contributed by atoms with E-state index in [0.717, 1.165) is 44.3 Å². The van der Waals surface area contributed by atoms with Crippen LogP contribution in [0.1, 0.15) is 37.7 Å². The summed E-state index contributed by atoms with van der Waals surface area (Å²) in [6, 6.07) is 10.1. The predicted octanol–water partition coefficient (Wildman–Crippen LogP) is 2.89. The van der Waals surface area contributed by atoms with E-state index in [1.165, 1.54) is 0 Å². The van der Waals surface area contributed by atoms with Crippen LogP contribution in [0.2, 0.25) is 0 Å². The molecule has 0 bridgehead atoms. The molecule has 21 heavy (non-hydrogen) atoms. The van der Waals surface area contributed by atoms with E-state index in [1.54, 1.807) is 0 Å². The van der Waals surface area contributed by atoms with Crippen molar-refractivity contribution in [1.82, 2.24) is 0 Å². The van der Waals surface area contributed by atoms with Crippen molar-refractivity contribution < 1.29 is 19.3 Å². The maximum absolute atomic E-state index is 9.00. The first-order valence-electron chi connectivity index (χ1n) is 7.88. The summed E-state index contributed by atoms with van der Waals surface area (Å²) in [5.41, 5.74) is 1.16. The second-order valence-electron chi connectivity index (χ2n) is 5.42. The number of rotatable bonds is 9. The fourth-order valence-electron chi connectivity index (χ4n) is 2.43. The summed E-state index contributed by atoms with van der Waals surface area (Å²) < 4.78 is 17.3. The number of ether oxygens (including phenoxy) is 3. The molecule has 1 saturated heterocycles. The molecule has 4 nitrogen and oxygen atoms in total. The molecule has 118 valence electrons. The van der Waals surface area contributed by atoms with Crippen molar-refractivity contribution in [1.29, 1.82) is 0 Å². The van der Waals surface area contributed by atoms with E-state index < -0.39 is 0 Å². The average molecular weight is 294 g/mol. The van der Waals surface area contributed by atoms with E-state index in [4.69, 9.17) is 19.3 Å². The van der Waals surface area contributed by atoms with Gasteiger partial charge in [-0.1, -0.05) is 30.3 Å². The Kier molecular flexibility index (Phi) is 7.75. The molecule has 1 unspecified atom stereocenters. The topological polar surface area (TPSA) is 47.9 Å². The Hall–Kier alpha value is -0.940. The molecule has 0 saturated carbocycles. The van der Waals surface area contributed by atoms with E-state index in [0.29, 0.717) is 13.2 Å². The van der Waals surface area contributed by atoms with Gasteiger partial charge >= 0.3 is 0 Å². The van der Waals surface area contributed by atoms with Crippen molar-refractivity contribution in [2.45, 2.75) is 51.1 Å². The Morgan fingerprint density at radius 3 is 2.81 bits per heavy atom. The second-order valence-corrected chi connectivity index (χ2v) is 5.42. The average Bonchev–Trinajstić information content (AvgIpc) is 2.54. The smallest absolute Gasteiger partial charge is 0.158 e. The molecular formula is C17H26O4. The first-order chi connectivity index (χ1) is 10.4. The van der Waals surface area contributed by atoms with Crippen LogP contribution in [-0.2, 0) is 20.8 Å². The highest BCUT2D eigenvalue weighted by molar-refractivity contribution is 5.13. The summed E-state index contributed by atoms with van der Waals surface area (Å²) in [6.07, 6.45) is 4.63. The van der Waals surface area contributed by atoms with Gasteiger partial charge in [0.15, 0.2) is 6.29 Å². The van der Waals surface area contributed by atoms with Gasteiger partial charge in [0.1, 0.15) is 0 Å². The van der Waals surface area contributed by atoms with Crippen molar-refractivity contribution in [2.24, 2.45) is 0 Å².